The molecule has 34 heavy (non-hydrogen) atoms. The van der Waals surface area contributed by atoms with Crippen LogP contribution in [0.3, 0.4) is 0 Å². The van der Waals surface area contributed by atoms with Gasteiger partial charge in [0.25, 0.3) is 0 Å². The summed E-state index contributed by atoms with van der Waals surface area (Å²) in [6.07, 6.45) is 3.56. The minimum Gasteiger partial charge on any atom is -0.492 e. The van der Waals surface area contributed by atoms with Crippen LogP contribution >= 0.6 is 0 Å². The maximum atomic E-state index is 12.6. The molecule has 2 heterocycles. The van der Waals surface area contributed by atoms with E-state index < -0.39 is 10.0 Å². The predicted octanol–water partition coefficient (Wildman–Crippen LogP) is 3.19. The standard InChI is InChI=1S/C26H35N3O4S/c1-21-6-2-3-7-23(21)20-28-17-12-22(13-18-28)26(30)27-14-19-33-24-8-10-25(11-9-24)34(31,32)29-15-4-5-16-29/h2-3,6-11,22H,4-5,12-20H2,1H3,(H,27,30). The third-order valence-corrected chi connectivity index (χ3v) is 8.72. The van der Waals surface area contributed by atoms with Crippen molar-refractivity contribution in [2.75, 3.05) is 39.3 Å². The van der Waals surface area contributed by atoms with Crippen LogP contribution in [-0.2, 0) is 21.4 Å². The zero-order chi connectivity index (χ0) is 24.0. The number of likely N-dealkylation sites (tertiary alicyclic amines) is 1. The van der Waals surface area contributed by atoms with Gasteiger partial charge in [0.15, 0.2) is 0 Å². The van der Waals surface area contributed by atoms with E-state index in [1.54, 1.807) is 24.3 Å². The van der Waals surface area contributed by atoms with Gasteiger partial charge in [0.05, 0.1) is 11.4 Å². The van der Waals surface area contributed by atoms with Crippen LogP contribution in [0.5, 0.6) is 5.75 Å². The molecule has 7 nitrogen and oxygen atoms in total. The van der Waals surface area contributed by atoms with Crippen LogP contribution < -0.4 is 10.1 Å². The van der Waals surface area contributed by atoms with Crippen molar-refractivity contribution in [3.63, 3.8) is 0 Å². The number of hydrogen-bond acceptors (Lipinski definition) is 5. The van der Waals surface area contributed by atoms with E-state index in [2.05, 4.69) is 41.4 Å². The Kier molecular flexibility index (Phi) is 8.24. The first-order valence-electron chi connectivity index (χ1n) is 12.2. The van der Waals surface area contributed by atoms with Gasteiger partial charge >= 0.3 is 0 Å². The van der Waals surface area contributed by atoms with Crippen LogP contribution in [0.2, 0.25) is 0 Å². The number of piperidine rings is 1. The Hall–Kier alpha value is -2.42. The number of carbonyl (C=O) groups excluding carboxylic acids is 1. The average Bonchev–Trinajstić information content (AvgIpc) is 3.40. The van der Waals surface area contributed by atoms with Crippen molar-refractivity contribution >= 4 is 15.9 Å². The average molecular weight is 486 g/mol. The number of hydrogen-bond donors (Lipinski definition) is 1. The molecule has 2 saturated heterocycles. The molecule has 0 bridgehead atoms. The molecule has 2 aliphatic rings. The molecule has 0 spiro atoms. The van der Waals surface area contributed by atoms with E-state index in [9.17, 15) is 13.2 Å². The number of aryl methyl sites for hydroxylation is 1. The summed E-state index contributed by atoms with van der Waals surface area (Å²) in [5.41, 5.74) is 2.66. The van der Waals surface area contributed by atoms with Crippen molar-refractivity contribution < 1.29 is 17.9 Å². The first-order valence-corrected chi connectivity index (χ1v) is 13.6. The maximum absolute atomic E-state index is 12.6. The molecule has 2 aliphatic heterocycles. The molecule has 2 aromatic rings. The molecule has 2 fully saturated rings. The number of amides is 1. The highest BCUT2D eigenvalue weighted by atomic mass is 32.2. The fourth-order valence-corrected chi connectivity index (χ4v) is 6.17. The Morgan fingerprint density at radius 3 is 2.35 bits per heavy atom. The molecule has 0 aliphatic carbocycles. The number of nitrogens with zero attached hydrogens (tertiary/aromatic N) is 2. The second kappa shape index (κ2) is 11.3. The number of benzene rings is 2. The van der Waals surface area contributed by atoms with Crippen molar-refractivity contribution in [3.8, 4) is 5.75 Å². The third kappa shape index (κ3) is 6.17. The summed E-state index contributed by atoms with van der Waals surface area (Å²) in [4.78, 5) is 15.3. The summed E-state index contributed by atoms with van der Waals surface area (Å²) in [7, 11) is -3.41. The molecular weight excluding hydrogens is 450 g/mol. The van der Waals surface area contributed by atoms with Crippen LogP contribution in [-0.4, -0.2) is 62.9 Å². The summed E-state index contributed by atoms with van der Waals surface area (Å²) < 4.78 is 32.4. The van der Waals surface area contributed by atoms with Gasteiger partial charge in [-0.1, -0.05) is 24.3 Å². The molecule has 0 saturated carbocycles. The summed E-state index contributed by atoms with van der Waals surface area (Å²) in [5, 5.41) is 2.98. The Bertz CT molecular complexity index is 1060. The molecular formula is C26H35N3O4S. The lowest BCUT2D eigenvalue weighted by molar-refractivity contribution is -0.126. The number of carbonyl (C=O) groups is 1. The first-order chi connectivity index (χ1) is 16.4. The van der Waals surface area contributed by atoms with E-state index >= 15 is 0 Å². The van der Waals surface area contributed by atoms with Crippen molar-refractivity contribution in [2.24, 2.45) is 5.92 Å². The van der Waals surface area contributed by atoms with Gasteiger partial charge in [0, 0.05) is 25.6 Å². The number of sulfonamides is 1. The van der Waals surface area contributed by atoms with Gasteiger partial charge in [-0.15, -0.1) is 0 Å². The highest BCUT2D eigenvalue weighted by molar-refractivity contribution is 7.89. The van der Waals surface area contributed by atoms with Crippen LogP contribution in [0.4, 0.5) is 0 Å². The SMILES string of the molecule is Cc1ccccc1CN1CCC(C(=O)NCCOc2ccc(S(=O)(=O)N3CCCC3)cc2)CC1. The smallest absolute Gasteiger partial charge is 0.243 e. The fourth-order valence-electron chi connectivity index (χ4n) is 4.65. The lowest BCUT2D eigenvalue weighted by Crippen LogP contribution is -2.41. The van der Waals surface area contributed by atoms with Crippen LogP contribution in [0.1, 0.15) is 36.8 Å². The zero-order valence-corrected chi connectivity index (χ0v) is 20.7. The van der Waals surface area contributed by atoms with E-state index in [-0.39, 0.29) is 11.8 Å². The predicted molar refractivity (Wildman–Crippen MR) is 132 cm³/mol. The summed E-state index contributed by atoms with van der Waals surface area (Å²) in [6.45, 7) is 6.88. The van der Waals surface area contributed by atoms with Crippen molar-refractivity contribution in [1.82, 2.24) is 14.5 Å². The molecule has 0 atom stereocenters. The highest BCUT2D eigenvalue weighted by Crippen LogP contribution is 2.23. The molecule has 1 N–H and O–H groups in total. The van der Waals surface area contributed by atoms with E-state index in [1.165, 1.54) is 15.4 Å². The molecule has 1 amide bonds. The molecule has 4 rings (SSSR count). The normalized spacial score (nSPS) is 18.1. The second-order valence-electron chi connectivity index (χ2n) is 9.20. The lowest BCUT2D eigenvalue weighted by atomic mass is 9.95. The van der Waals surface area contributed by atoms with Gasteiger partial charge in [-0.25, -0.2) is 8.42 Å². The van der Waals surface area contributed by atoms with Crippen LogP contribution in [0, 0.1) is 12.8 Å². The van der Waals surface area contributed by atoms with Crippen molar-refractivity contribution in [1.29, 1.82) is 0 Å². The second-order valence-corrected chi connectivity index (χ2v) is 11.1. The van der Waals surface area contributed by atoms with Crippen LogP contribution in [0.25, 0.3) is 0 Å². The van der Waals surface area contributed by atoms with Crippen molar-refractivity contribution in [3.05, 3.63) is 59.7 Å². The summed E-state index contributed by atoms with van der Waals surface area (Å²) >= 11 is 0. The Labute approximate surface area is 203 Å². The van der Waals surface area contributed by atoms with E-state index in [1.807, 2.05) is 0 Å². The Morgan fingerprint density at radius 2 is 1.68 bits per heavy atom. The third-order valence-electron chi connectivity index (χ3n) is 6.81. The molecule has 0 radical (unpaired) electrons. The monoisotopic (exact) mass is 485 g/mol. The quantitative estimate of drug-likeness (QED) is 0.552. The van der Waals surface area contributed by atoms with Gasteiger partial charge in [0.2, 0.25) is 15.9 Å². The van der Waals surface area contributed by atoms with Gasteiger partial charge in [-0.2, -0.15) is 4.31 Å². The molecule has 184 valence electrons. The largest absolute Gasteiger partial charge is 0.492 e. The van der Waals surface area contributed by atoms with Gasteiger partial charge in [-0.05, 0) is 81.1 Å². The minimum absolute atomic E-state index is 0.0446. The van der Waals surface area contributed by atoms with Crippen LogP contribution in [0.15, 0.2) is 53.4 Å². The maximum Gasteiger partial charge on any atom is 0.243 e. The van der Waals surface area contributed by atoms with E-state index in [0.717, 1.165) is 45.3 Å². The molecule has 0 unspecified atom stereocenters. The number of nitrogens with one attached hydrogen (secondary N) is 1. The van der Waals surface area contributed by atoms with Gasteiger partial charge in [0.1, 0.15) is 12.4 Å². The lowest BCUT2D eigenvalue weighted by Gasteiger charge is -2.31. The number of rotatable bonds is 9. The number of ether oxygens (including phenoxy) is 1. The van der Waals surface area contributed by atoms with Gasteiger partial charge in [-0.3, -0.25) is 9.69 Å². The van der Waals surface area contributed by atoms with Gasteiger partial charge < -0.3 is 10.1 Å². The van der Waals surface area contributed by atoms with E-state index in [4.69, 9.17) is 4.74 Å². The molecule has 0 aromatic heterocycles. The zero-order valence-electron chi connectivity index (χ0n) is 19.9. The molecule has 8 heteroatoms. The van der Waals surface area contributed by atoms with E-state index in [0.29, 0.717) is 36.9 Å². The first kappa shape index (κ1) is 24.7. The van der Waals surface area contributed by atoms with Crippen molar-refractivity contribution in [2.45, 2.75) is 44.0 Å². The topological polar surface area (TPSA) is 79.0 Å². The fraction of sp³-hybridized carbons (Fsp3) is 0.500. The summed E-state index contributed by atoms with van der Waals surface area (Å²) in [5.74, 6) is 0.730. The minimum atomic E-state index is -3.41. The molecule has 2 aromatic carbocycles. The Balaban J connectivity index is 1.15. The highest BCUT2D eigenvalue weighted by Gasteiger charge is 2.27. The Morgan fingerprint density at radius 1 is 1.00 bits per heavy atom. The summed E-state index contributed by atoms with van der Waals surface area (Å²) in [6, 6.07) is 15.0.